The maximum Gasteiger partial charge on any atom is 0.345 e. The van der Waals surface area contributed by atoms with Crippen LogP contribution in [0.1, 0.15) is 23.7 Å². The van der Waals surface area contributed by atoms with Gasteiger partial charge in [-0.2, -0.15) is 0 Å². The van der Waals surface area contributed by atoms with Gasteiger partial charge in [0.25, 0.3) is 5.69 Å². The van der Waals surface area contributed by atoms with Crippen molar-refractivity contribution in [1.29, 1.82) is 0 Å². The van der Waals surface area contributed by atoms with Gasteiger partial charge in [0.2, 0.25) is 0 Å². The van der Waals surface area contributed by atoms with E-state index in [4.69, 9.17) is 9.47 Å². The highest BCUT2D eigenvalue weighted by Crippen LogP contribution is 2.26. The summed E-state index contributed by atoms with van der Waals surface area (Å²) in [6.07, 6.45) is 0.505. The van der Waals surface area contributed by atoms with Crippen LogP contribution in [0.3, 0.4) is 0 Å². The molecule has 0 amide bonds. The van der Waals surface area contributed by atoms with Crippen LogP contribution < -0.4 is 0 Å². The molecule has 2 atom stereocenters. The number of hydrogen-bond acceptors (Lipinski definition) is 5. The van der Waals surface area contributed by atoms with Crippen LogP contribution in [-0.2, 0) is 9.47 Å². The van der Waals surface area contributed by atoms with Gasteiger partial charge in [-0.3, -0.25) is 10.1 Å². The van der Waals surface area contributed by atoms with Crippen molar-refractivity contribution < 1.29 is 19.2 Å². The van der Waals surface area contributed by atoms with Crippen LogP contribution in [0.5, 0.6) is 0 Å². The molecule has 20 heavy (non-hydrogen) atoms. The molecule has 0 radical (unpaired) electrons. The lowest BCUT2D eigenvalue weighted by molar-refractivity contribution is -0.385. The van der Waals surface area contributed by atoms with Crippen molar-refractivity contribution >= 4 is 27.6 Å². The number of halogens is 1. The third-order valence-electron chi connectivity index (χ3n) is 3.30. The summed E-state index contributed by atoms with van der Waals surface area (Å²) in [5.41, 5.74) is -0.303. The third-order valence-corrected chi connectivity index (χ3v) is 3.79. The highest BCUT2D eigenvalue weighted by Gasteiger charge is 2.28. The molecule has 1 heterocycles. The predicted molar refractivity (Wildman–Crippen MR) is 74.6 cm³/mol. The van der Waals surface area contributed by atoms with Crippen molar-refractivity contribution in [2.24, 2.45) is 5.92 Å². The number of nitro benzene ring substituents is 1. The van der Waals surface area contributed by atoms with Gasteiger partial charge in [-0.1, -0.05) is 15.9 Å². The van der Waals surface area contributed by atoms with Crippen molar-refractivity contribution in [3.8, 4) is 0 Å². The van der Waals surface area contributed by atoms with E-state index in [1.54, 1.807) is 13.0 Å². The number of hydrogen-bond donors (Lipinski definition) is 0. The third kappa shape index (κ3) is 3.34. The molecule has 1 aromatic rings. The van der Waals surface area contributed by atoms with E-state index in [1.807, 2.05) is 0 Å². The number of carbonyl (C=O) groups excluding carboxylic acids is 1. The standard InChI is InChI=1S/C13H14BrNO5/c1-8(9-4-5-19-7-9)20-13(16)11-3-2-10(14)6-12(11)15(17)18/h2-3,6,8-9H,4-5,7H2,1H3/t8-,9+/m1/s1. The summed E-state index contributed by atoms with van der Waals surface area (Å²) in [4.78, 5) is 22.5. The van der Waals surface area contributed by atoms with Gasteiger partial charge in [-0.25, -0.2) is 4.79 Å². The second-order valence-corrected chi connectivity index (χ2v) is 5.57. The van der Waals surface area contributed by atoms with E-state index in [-0.39, 0.29) is 23.3 Å². The van der Waals surface area contributed by atoms with Crippen molar-refractivity contribution in [3.63, 3.8) is 0 Å². The fourth-order valence-electron chi connectivity index (χ4n) is 2.08. The van der Waals surface area contributed by atoms with E-state index in [9.17, 15) is 14.9 Å². The number of ether oxygens (including phenoxy) is 2. The van der Waals surface area contributed by atoms with Gasteiger partial charge >= 0.3 is 5.97 Å². The van der Waals surface area contributed by atoms with Crippen LogP contribution in [0.2, 0.25) is 0 Å². The van der Waals surface area contributed by atoms with Gasteiger partial charge in [0.15, 0.2) is 0 Å². The van der Waals surface area contributed by atoms with Crippen LogP contribution in [0.15, 0.2) is 22.7 Å². The zero-order chi connectivity index (χ0) is 14.7. The number of rotatable bonds is 4. The van der Waals surface area contributed by atoms with Gasteiger partial charge in [-0.05, 0) is 25.5 Å². The van der Waals surface area contributed by atoms with Crippen molar-refractivity contribution in [2.75, 3.05) is 13.2 Å². The molecule has 0 unspecified atom stereocenters. The molecule has 1 saturated heterocycles. The first-order valence-electron chi connectivity index (χ1n) is 6.21. The molecule has 6 nitrogen and oxygen atoms in total. The summed E-state index contributed by atoms with van der Waals surface area (Å²) in [7, 11) is 0. The average molecular weight is 344 g/mol. The fourth-order valence-corrected chi connectivity index (χ4v) is 2.43. The minimum Gasteiger partial charge on any atom is -0.459 e. The molecule has 1 fully saturated rings. The molecule has 7 heteroatoms. The van der Waals surface area contributed by atoms with E-state index in [0.29, 0.717) is 17.7 Å². The number of carbonyl (C=O) groups is 1. The predicted octanol–water partition coefficient (Wildman–Crippen LogP) is 2.94. The Hall–Kier alpha value is -1.47. The van der Waals surface area contributed by atoms with Gasteiger partial charge < -0.3 is 9.47 Å². The number of benzene rings is 1. The molecule has 1 aliphatic heterocycles. The molecular weight excluding hydrogens is 330 g/mol. The summed E-state index contributed by atoms with van der Waals surface area (Å²) in [6.45, 7) is 2.99. The maximum absolute atomic E-state index is 12.1. The van der Waals surface area contributed by atoms with Crippen molar-refractivity contribution in [2.45, 2.75) is 19.4 Å². The Morgan fingerprint density at radius 1 is 1.60 bits per heavy atom. The minimum absolute atomic E-state index is 0.0380. The van der Waals surface area contributed by atoms with Crippen LogP contribution >= 0.6 is 15.9 Å². The summed E-state index contributed by atoms with van der Waals surface area (Å²) in [6, 6.07) is 4.26. The second kappa shape index (κ2) is 6.32. The van der Waals surface area contributed by atoms with Crippen LogP contribution in [0, 0.1) is 16.0 Å². The zero-order valence-corrected chi connectivity index (χ0v) is 12.5. The molecule has 0 N–H and O–H groups in total. The van der Waals surface area contributed by atoms with Gasteiger partial charge in [0, 0.05) is 23.1 Å². The first-order chi connectivity index (χ1) is 9.49. The smallest absolute Gasteiger partial charge is 0.345 e. The quantitative estimate of drug-likeness (QED) is 0.477. The fraction of sp³-hybridized carbons (Fsp3) is 0.462. The lowest BCUT2D eigenvalue weighted by atomic mass is 10.0. The van der Waals surface area contributed by atoms with Crippen LogP contribution in [-0.4, -0.2) is 30.2 Å². The summed E-state index contributed by atoms with van der Waals surface area (Å²) in [5, 5.41) is 11.0. The highest BCUT2D eigenvalue weighted by atomic mass is 79.9. The first-order valence-corrected chi connectivity index (χ1v) is 7.01. The molecule has 1 aromatic carbocycles. The van der Waals surface area contributed by atoms with E-state index in [0.717, 1.165) is 6.42 Å². The Morgan fingerprint density at radius 2 is 2.35 bits per heavy atom. The lowest BCUT2D eigenvalue weighted by Gasteiger charge is -2.18. The molecular formula is C13H14BrNO5. The van der Waals surface area contributed by atoms with E-state index in [2.05, 4.69) is 15.9 Å². The Bertz CT molecular complexity index is 527. The topological polar surface area (TPSA) is 78.7 Å². The van der Waals surface area contributed by atoms with E-state index < -0.39 is 10.9 Å². The zero-order valence-electron chi connectivity index (χ0n) is 10.9. The summed E-state index contributed by atoms with van der Waals surface area (Å²) in [5.74, 6) is -0.531. The van der Waals surface area contributed by atoms with Gasteiger partial charge in [0.1, 0.15) is 11.7 Å². The summed E-state index contributed by atoms with van der Waals surface area (Å²) >= 11 is 3.15. The Kier molecular flexibility index (Phi) is 4.72. The van der Waals surface area contributed by atoms with Crippen molar-refractivity contribution in [1.82, 2.24) is 0 Å². The molecule has 0 aliphatic carbocycles. The highest BCUT2D eigenvalue weighted by molar-refractivity contribution is 9.10. The number of esters is 1. The number of nitrogens with zero attached hydrogens (tertiary/aromatic N) is 1. The lowest BCUT2D eigenvalue weighted by Crippen LogP contribution is -2.24. The normalized spacial score (nSPS) is 19.6. The molecule has 1 aliphatic rings. The summed E-state index contributed by atoms with van der Waals surface area (Å²) < 4.78 is 11.1. The van der Waals surface area contributed by atoms with Gasteiger partial charge in [0.05, 0.1) is 11.5 Å². The molecule has 2 rings (SSSR count). The SMILES string of the molecule is C[C@@H](OC(=O)c1ccc(Br)cc1[N+](=O)[O-])[C@H]1CCOC1. The maximum atomic E-state index is 12.1. The average Bonchev–Trinajstić information content (AvgIpc) is 2.92. The first kappa shape index (κ1) is 14.9. The molecule has 0 aromatic heterocycles. The van der Waals surface area contributed by atoms with Crippen LogP contribution in [0.25, 0.3) is 0 Å². The largest absolute Gasteiger partial charge is 0.459 e. The van der Waals surface area contributed by atoms with Gasteiger partial charge in [-0.15, -0.1) is 0 Å². The Labute approximate surface area is 124 Å². The monoisotopic (exact) mass is 343 g/mol. The Balaban J connectivity index is 2.14. The minimum atomic E-state index is -0.677. The van der Waals surface area contributed by atoms with E-state index in [1.165, 1.54) is 12.1 Å². The van der Waals surface area contributed by atoms with Crippen LogP contribution in [0.4, 0.5) is 5.69 Å². The molecule has 0 spiro atoms. The van der Waals surface area contributed by atoms with Crippen molar-refractivity contribution in [3.05, 3.63) is 38.3 Å². The second-order valence-electron chi connectivity index (χ2n) is 4.65. The number of nitro groups is 1. The van der Waals surface area contributed by atoms with E-state index >= 15 is 0 Å². The molecule has 108 valence electrons. The molecule has 0 bridgehead atoms. The molecule has 0 saturated carbocycles. The Morgan fingerprint density at radius 3 is 2.95 bits per heavy atom.